The summed E-state index contributed by atoms with van der Waals surface area (Å²) < 4.78 is 26.9. The highest BCUT2D eigenvalue weighted by atomic mass is 35.5. The Hall–Kier alpha value is -0.780. The molecular weight excluding hydrogens is 272 g/mol. The van der Waals surface area contributed by atoms with E-state index in [-0.39, 0.29) is 16.6 Å². The number of benzene rings is 1. The number of nitrogen functional groups attached to an aromatic ring is 1. The van der Waals surface area contributed by atoms with E-state index >= 15 is 0 Å². The molecule has 0 radical (unpaired) electrons. The minimum Gasteiger partial charge on any atom is -0.397 e. The van der Waals surface area contributed by atoms with E-state index < -0.39 is 10.0 Å². The summed E-state index contributed by atoms with van der Waals surface area (Å²) in [6.45, 7) is 1.88. The van der Waals surface area contributed by atoms with Crippen molar-refractivity contribution in [2.75, 3.05) is 5.73 Å². The summed E-state index contributed by atoms with van der Waals surface area (Å²) in [4.78, 5) is 0.159. The summed E-state index contributed by atoms with van der Waals surface area (Å²) in [5.41, 5.74) is 5.89. The molecule has 1 fully saturated rings. The molecule has 1 saturated carbocycles. The highest BCUT2D eigenvalue weighted by Gasteiger charge is 2.26. The minimum absolute atomic E-state index is 0.0561. The van der Waals surface area contributed by atoms with Gasteiger partial charge in [-0.2, -0.15) is 0 Å². The number of hydrogen-bond donors (Lipinski definition) is 2. The Kier molecular flexibility index (Phi) is 3.84. The van der Waals surface area contributed by atoms with Crippen molar-refractivity contribution in [3.05, 3.63) is 23.2 Å². The van der Waals surface area contributed by atoms with Gasteiger partial charge in [0.1, 0.15) is 0 Å². The van der Waals surface area contributed by atoms with E-state index in [0.29, 0.717) is 10.9 Å². The first-order chi connectivity index (χ1) is 8.38. The summed E-state index contributed by atoms with van der Waals surface area (Å²) in [5.74, 6) is 0.679. The fourth-order valence-corrected chi connectivity index (χ4v) is 3.33. The van der Waals surface area contributed by atoms with E-state index in [2.05, 4.69) is 4.72 Å². The van der Waals surface area contributed by atoms with E-state index in [0.717, 1.165) is 6.42 Å². The number of halogens is 1. The molecule has 1 aromatic carbocycles. The molecule has 1 aliphatic carbocycles. The smallest absolute Gasteiger partial charge is 0.240 e. The minimum atomic E-state index is -3.51. The van der Waals surface area contributed by atoms with Gasteiger partial charge in [-0.3, -0.25) is 0 Å². The number of nitrogens with two attached hydrogens (primary N) is 1. The Bertz CT molecular complexity index is 541. The van der Waals surface area contributed by atoms with Crippen LogP contribution in [0.1, 0.15) is 26.2 Å². The second-order valence-electron chi connectivity index (χ2n) is 4.88. The zero-order valence-corrected chi connectivity index (χ0v) is 11.8. The quantitative estimate of drug-likeness (QED) is 0.817. The second kappa shape index (κ2) is 5.07. The standard InChI is InChI=1S/C12H17ClN2O2S/c1-8(6-9-2-3-9)15-18(16,17)10-4-5-11(13)12(14)7-10/h4-5,7-9,15H,2-3,6,14H2,1H3. The molecule has 1 aliphatic rings. The summed E-state index contributed by atoms with van der Waals surface area (Å²) in [6.07, 6.45) is 3.31. The van der Waals surface area contributed by atoms with Crippen LogP contribution < -0.4 is 10.5 Å². The Morgan fingerprint density at radius 1 is 1.50 bits per heavy atom. The summed E-state index contributed by atoms with van der Waals surface area (Å²) in [5, 5.41) is 0.361. The van der Waals surface area contributed by atoms with E-state index in [1.165, 1.54) is 31.0 Å². The Morgan fingerprint density at radius 3 is 2.72 bits per heavy atom. The summed E-state index contributed by atoms with van der Waals surface area (Å²) >= 11 is 5.77. The largest absolute Gasteiger partial charge is 0.397 e. The van der Waals surface area contributed by atoms with Crippen molar-refractivity contribution >= 4 is 27.3 Å². The van der Waals surface area contributed by atoms with Crippen LogP contribution >= 0.6 is 11.6 Å². The first-order valence-corrected chi connectivity index (χ1v) is 7.82. The number of sulfonamides is 1. The van der Waals surface area contributed by atoms with Gasteiger partial charge in [0.05, 0.1) is 15.6 Å². The van der Waals surface area contributed by atoms with Crippen LogP contribution in [-0.4, -0.2) is 14.5 Å². The summed E-state index contributed by atoms with van der Waals surface area (Å²) in [6, 6.07) is 4.29. The molecule has 2 rings (SSSR count). The lowest BCUT2D eigenvalue weighted by atomic mass is 10.2. The molecule has 1 atom stereocenters. The number of hydrogen-bond acceptors (Lipinski definition) is 3. The first-order valence-electron chi connectivity index (χ1n) is 5.96. The molecule has 0 heterocycles. The van der Waals surface area contributed by atoms with Gasteiger partial charge in [-0.1, -0.05) is 24.4 Å². The lowest BCUT2D eigenvalue weighted by Crippen LogP contribution is -2.32. The zero-order valence-electron chi connectivity index (χ0n) is 10.2. The van der Waals surface area contributed by atoms with Crippen molar-refractivity contribution in [3.63, 3.8) is 0 Å². The molecule has 1 unspecified atom stereocenters. The molecule has 18 heavy (non-hydrogen) atoms. The molecule has 100 valence electrons. The normalized spacial score (nSPS) is 17.7. The Balaban J connectivity index is 2.11. The van der Waals surface area contributed by atoms with Gasteiger partial charge < -0.3 is 5.73 Å². The third-order valence-electron chi connectivity index (χ3n) is 3.02. The molecule has 0 amide bonds. The van der Waals surface area contributed by atoms with Crippen LogP contribution in [0, 0.1) is 5.92 Å². The predicted molar refractivity (Wildman–Crippen MR) is 73.0 cm³/mol. The number of rotatable bonds is 5. The molecule has 0 bridgehead atoms. The van der Waals surface area contributed by atoms with Gasteiger partial charge in [0.2, 0.25) is 10.0 Å². The fraction of sp³-hybridized carbons (Fsp3) is 0.500. The Morgan fingerprint density at radius 2 is 2.17 bits per heavy atom. The van der Waals surface area contributed by atoms with Crippen molar-refractivity contribution in [1.29, 1.82) is 0 Å². The van der Waals surface area contributed by atoms with Crippen LogP contribution in [0.4, 0.5) is 5.69 Å². The van der Waals surface area contributed by atoms with Crippen LogP contribution in [0.3, 0.4) is 0 Å². The first kappa shape index (κ1) is 13.6. The molecule has 0 saturated heterocycles. The third-order valence-corrected chi connectivity index (χ3v) is 4.95. The van der Waals surface area contributed by atoms with Crippen LogP contribution in [-0.2, 0) is 10.0 Å². The van der Waals surface area contributed by atoms with E-state index in [1.807, 2.05) is 6.92 Å². The van der Waals surface area contributed by atoms with Crippen LogP contribution in [0.25, 0.3) is 0 Å². The molecule has 6 heteroatoms. The van der Waals surface area contributed by atoms with Crippen LogP contribution in [0.5, 0.6) is 0 Å². The second-order valence-corrected chi connectivity index (χ2v) is 7.01. The van der Waals surface area contributed by atoms with E-state index in [1.54, 1.807) is 0 Å². The molecular formula is C12H17ClN2O2S. The van der Waals surface area contributed by atoms with Crippen molar-refractivity contribution in [1.82, 2.24) is 4.72 Å². The van der Waals surface area contributed by atoms with Crippen molar-refractivity contribution < 1.29 is 8.42 Å². The monoisotopic (exact) mass is 288 g/mol. The van der Waals surface area contributed by atoms with Gasteiger partial charge in [-0.05, 0) is 37.5 Å². The molecule has 0 aliphatic heterocycles. The van der Waals surface area contributed by atoms with Crippen molar-refractivity contribution in [3.8, 4) is 0 Å². The fourth-order valence-electron chi connectivity index (χ4n) is 1.92. The maximum Gasteiger partial charge on any atom is 0.240 e. The molecule has 0 spiro atoms. The molecule has 0 aromatic heterocycles. The Labute approximate surface area is 113 Å². The van der Waals surface area contributed by atoms with Crippen LogP contribution in [0.2, 0.25) is 5.02 Å². The topological polar surface area (TPSA) is 72.2 Å². The molecule has 3 N–H and O–H groups in total. The predicted octanol–water partition coefficient (Wildman–Crippen LogP) is 2.39. The van der Waals surface area contributed by atoms with Gasteiger partial charge in [0.25, 0.3) is 0 Å². The van der Waals surface area contributed by atoms with Gasteiger partial charge in [-0.25, -0.2) is 13.1 Å². The van der Waals surface area contributed by atoms with Gasteiger partial charge in [0.15, 0.2) is 0 Å². The molecule has 1 aromatic rings. The maximum absolute atomic E-state index is 12.1. The average Bonchev–Trinajstić information content (AvgIpc) is 3.04. The highest BCUT2D eigenvalue weighted by Crippen LogP contribution is 2.33. The van der Waals surface area contributed by atoms with Gasteiger partial charge in [-0.15, -0.1) is 0 Å². The van der Waals surface area contributed by atoms with Gasteiger partial charge in [0, 0.05) is 6.04 Å². The number of anilines is 1. The lowest BCUT2D eigenvalue weighted by molar-refractivity contribution is 0.530. The summed E-state index contributed by atoms with van der Waals surface area (Å²) in [7, 11) is -3.51. The lowest BCUT2D eigenvalue weighted by Gasteiger charge is -2.14. The number of nitrogens with one attached hydrogen (secondary N) is 1. The molecule has 4 nitrogen and oxygen atoms in total. The van der Waals surface area contributed by atoms with E-state index in [9.17, 15) is 8.42 Å². The van der Waals surface area contributed by atoms with Crippen molar-refractivity contribution in [2.24, 2.45) is 5.92 Å². The van der Waals surface area contributed by atoms with E-state index in [4.69, 9.17) is 17.3 Å². The zero-order chi connectivity index (χ0) is 13.3. The SMILES string of the molecule is CC(CC1CC1)NS(=O)(=O)c1ccc(Cl)c(N)c1. The third kappa shape index (κ3) is 3.37. The van der Waals surface area contributed by atoms with Crippen LogP contribution in [0.15, 0.2) is 23.1 Å². The van der Waals surface area contributed by atoms with Crippen molar-refractivity contribution in [2.45, 2.75) is 37.1 Å². The maximum atomic E-state index is 12.1. The van der Waals surface area contributed by atoms with Gasteiger partial charge >= 0.3 is 0 Å². The average molecular weight is 289 g/mol. The highest BCUT2D eigenvalue weighted by molar-refractivity contribution is 7.89.